The molecular weight excluding hydrogens is 286 g/mol. The second kappa shape index (κ2) is 5.73. The number of aromatic nitrogens is 3. The van der Waals surface area contributed by atoms with Crippen LogP contribution in [0.2, 0.25) is 0 Å². The van der Waals surface area contributed by atoms with Crippen LogP contribution in [0, 0.1) is 25.7 Å². The minimum atomic E-state index is 0.406. The van der Waals surface area contributed by atoms with E-state index in [0.717, 1.165) is 30.5 Å². The van der Waals surface area contributed by atoms with E-state index in [0.29, 0.717) is 12.0 Å². The molecule has 0 aromatic carbocycles. The zero-order valence-corrected chi connectivity index (χ0v) is 13.9. The number of aryl methyl sites for hydroxylation is 1. The van der Waals surface area contributed by atoms with Gasteiger partial charge in [-0.1, -0.05) is 6.07 Å². The summed E-state index contributed by atoms with van der Waals surface area (Å²) in [6.07, 6.45) is 4.32. The van der Waals surface area contributed by atoms with Crippen molar-refractivity contribution in [2.24, 2.45) is 17.6 Å². The minimum Gasteiger partial charge on any atom is -0.327 e. The van der Waals surface area contributed by atoms with Gasteiger partial charge in [0.1, 0.15) is 0 Å². The van der Waals surface area contributed by atoms with Crippen LogP contribution in [0.15, 0.2) is 24.4 Å². The summed E-state index contributed by atoms with van der Waals surface area (Å²) < 4.78 is 1.97. The number of rotatable bonds is 3. The van der Waals surface area contributed by atoms with Crippen LogP contribution >= 0.6 is 0 Å². The van der Waals surface area contributed by atoms with Gasteiger partial charge in [-0.25, -0.2) is 9.67 Å². The Kier molecular flexibility index (Phi) is 3.70. The van der Waals surface area contributed by atoms with Crippen LogP contribution in [0.1, 0.15) is 29.8 Å². The lowest BCUT2D eigenvalue weighted by atomic mass is 9.98. The maximum Gasteiger partial charge on any atom is 0.153 e. The topological polar surface area (TPSA) is 60.0 Å². The first kappa shape index (κ1) is 14.8. The summed E-state index contributed by atoms with van der Waals surface area (Å²) in [4.78, 5) is 6.99. The zero-order chi connectivity index (χ0) is 16.0. The van der Waals surface area contributed by atoms with Gasteiger partial charge < -0.3 is 5.73 Å². The molecule has 5 nitrogen and oxygen atoms in total. The van der Waals surface area contributed by atoms with Crippen molar-refractivity contribution in [2.75, 3.05) is 13.1 Å². The van der Waals surface area contributed by atoms with Gasteiger partial charge in [-0.15, -0.1) is 0 Å². The van der Waals surface area contributed by atoms with Crippen LogP contribution < -0.4 is 5.73 Å². The third kappa shape index (κ3) is 2.58. The Bertz CT molecular complexity index is 693. The number of likely N-dealkylation sites (tertiary alicyclic amines) is 1. The second-order valence-corrected chi connectivity index (χ2v) is 7.11. The molecule has 0 spiro atoms. The van der Waals surface area contributed by atoms with Gasteiger partial charge in [0.15, 0.2) is 5.82 Å². The molecule has 1 saturated heterocycles. The number of fused-ring (bicyclic) bond motifs is 1. The lowest BCUT2D eigenvalue weighted by Gasteiger charge is -2.18. The van der Waals surface area contributed by atoms with Crippen molar-refractivity contribution in [1.29, 1.82) is 0 Å². The number of hydrogen-bond donors (Lipinski definition) is 1. The Hall–Kier alpha value is -1.72. The van der Waals surface area contributed by atoms with Crippen molar-refractivity contribution in [1.82, 2.24) is 19.7 Å². The fourth-order valence-corrected chi connectivity index (χ4v) is 4.36. The van der Waals surface area contributed by atoms with E-state index in [1.807, 2.05) is 29.1 Å². The molecule has 2 aliphatic rings. The van der Waals surface area contributed by atoms with Crippen LogP contribution in [0.4, 0.5) is 0 Å². The predicted molar refractivity (Wildman–Crippen MR) is 90.3 cm³/mol. The zero-order valence-electron chi connectivity index (χ0n) is 13.9. The second-order valence-electron chi connectivity index (χ2n) is 7.11. The summed E-state index contributed by atoms with van der Waals surface area (Å²) in [5.41, 5.74) is 9.90. The summed E-state index contributed by atoms with van der Waals surface area (Å²) >= 11 is 0. The molecule has 5 heteroatoms. The molecule has 2 aromatic rings. The molecule has 1 aliphatic heterocycles. The highest BCUT2D eigenvalue weighted by molar-refractivity contribution is 5.32. The van der Waals surface area contributed by atoms with Crippen LogP contribution in [0.5, 0.6) is 0 Å². The Morgan fingerprint density at radius 2 is 2.09 bits per heavy atom. The quantitative estimate of drug-likeness (QED) is 0.942. The summed E-state index contributed by atoms with van der Waals surface area (Å²) in [7, 11) is 0. The fourth-order valence-electron chi connectivity index (χ4n) is 4.36. The van der Waals surface area contributed by atoms with E-state index in [1.165, 1.54) is 30.6 Å². The summed E-state index contributed by atoms with van der Waals surface area (Å²) in [5.74, 6) is 2.39. The molecule has 0 bridgehead atoms. The number of nitrogens with zero attached hydrogens (tertiary/aromatic N) is 4. The Labute approximate surface area is 137 Å². The van der Waals surface area contributed by atoms with Crippen LogP contribution in [-0.2, 0) is 6.54 Å². The van der Waals surface area contributed by atoms with Crippen molar-refractivity contribution >= 4 is 0 Å². The minimum absolute atomic E-state index is 0.406. The average Bonchev–Trinajstić information content (AvgIpc) is 3.19. The highest BCUT2D eigenvalue weighted by Crippen LogP contribution is 2.38. The third-order valence-corrected chi connectivity index (χ3v) is 5.68. The number of hydrogen-bond acceptors (Lipinski definition) is 4. The lowest BCUT2D eigenvalue weighted by molar-refractivity contribution is 0.297. The van der Waals surface area contributed by atoms with Crippen molar-refractivity contribution < 1.29 is 0 Å². The molecule has 0 amide bonds. The molecule has 4 rings (SSSR count). The summed E-state index contributed by atoms with van der Waals surface area (Å²) in [6.45, 7) is 7.55. The van der Waals surface area contributed by atoms with E-state index in [4.69, 9.17) is 10.8 Å². The molecule has 3 unspecified atom stereocenters. The van der Waals surface area contributed by atoms with E-state index in [9.17, 15) is 0 Å². The Balaban J connectivity index is 1.55. The standard InChI is InChI=1S/C18H25N5/c1-12-15(10-22-9-14-6-7-17(19)16(14)11-22)13(2)23(21-12)18-5-3-4-8-20-18/h3-5,8,14,16-17H,6-7,9-11,19H2,1-2H3. The van der Waals surface area contributed by atoms with Gasteiger partial charge in [-0.2, -0.15) is 5.10 Å². The molecule has 2 fully saturated rings. The number of pyridine rings is 1. The maximum atomic E-state index is 6.26. The highest BCUT2D eigenvalue weighted by atomic mass is 15.3. The molecule has 23 heavy (non-hydrogen) atoms. The van der Waals surface area contributed by atoms with Gasteiger partial charge in [0.25, 0.3) is 0 Å². The smallest absolute Gasteiger partial charge is 0.153 e. The molecule has 0 radical (unpaired) electrons. The van der Waals surface area contributed by atoms with E-state index in [2.05, 4.69) is 23.7 Å². The molecular formula is C18H25N5. The van der Waals surface area contributed by atoms with Gasteiger partial charge in [0, 0.05) is 43.1 Å². The maximum absolute atomic E-state index is 6.26. The van der Waals surface area contributed by atoms with Crippen molar-refractivity contribution in [3.63, 3.8) is 0 Å². The normalized spacial score (nSPS) is 27.5. The van der Waals surface area contributed by atoms with E-state index >= 15 is 0 Å². The van der Waals surface area contributed by atoms with Gasteiger partial charge in [0.05, 0.1) is 5.69 Å². The first-order valence-electron chi connectivity index (χ1n) is 8.58. The molecule has 2 N–H and O–H groups in total. The average molecular weight is 311 g/mol. The van der Waals surface area contributed by atoms with Crippen molar-refractivity contribution in [3.8, 4) is 5.82 Å². The fraction of sp³-hybridized carbons (Fsp3) is 0.556. The molecule has 1 saturated carbocycles. The first-order valence-corrected chi connectivity index (χ1v) is 8.58. The third-order valence-electron chi connectivity index (χ3n) is 5.68. The van der Waals surface area contributed by atoms with E-state index in [1.54, 1.807) is 0 Å². The monoisotopic (exact) mass is 311 g/mol. The van der Waals surface area contributed by atoms with Gasteiger partial charge in [0.2, 0.25) is 0 Å². The van der Waals surface area contributed by atoms with Crippen molar-refractivity contribution in [2.45, 2.75) is 39.3 Å². The number of nitrogens with two attached hydrogens (primary N) is 1. The molecule has 1 aliphatic carbocycles. The molecule has 3 atom stereocenters. The summed E-state index contributed by atoms with van der Waals surface area (Å²) in [6, 6.07) is 6.34. The van der Waals surface area contributed by atoms with E-state index < -0.39 is 0 Å². The predicted octanol–water partition coefficient (Wildman–Crippen LogP) is 2.05. The molecule has 3 heterocycles. The SMILES string of the molecule is Cc1nn(-c2ccccn2)c(C)c1CN1CC2CCC(N)C2C1. The Morgan fingerprint density at radius 3 is 2.83 bits per heavy atom. The molecule has 2 aromatic heterocycles. The van der Waals surface area contributed by atoms with E-state index in [-0.39, 0.29) is 0 Å². The van der Waals surface area contributed by atoms with Gasteiger partial charge in [-0.3, -0.25) is 4.90 Å². The highest BCUT2D eigenvalue weighted by Gasteiger charge is 2.41. The van der Waals surface area contributed by atoms with Gasteiger partial charge >= 0.3 is 0 Å². The molecule has 122 valence electrons. The van der Waals surface area contributed by atoms with Crippen LogP contribution in [0.3, 0.4) is 0 Å². The lowest BCUT2D eigenvalue weighted by Crippen LogP contribution is -2.30. The largest absolute Gasteiger partial charge is 0.327 e. The Morgan fingerprint density at radius 1 is 1.22 bits per heavy atom. The van der Waals surface area contributed by atoms with Crippen molar-refractivity contribution in [3.05, 3.63) is 41.3 Å². The van der Waals surface area contributed by atoms with Crippen LogP contribution in [0.25, 0.3) is 5.82 Å². The van der Waals surface area contributed by atoms with Gasteiger partial charge in [-0.05, 0) is 50.7 Å². The summed E-state index contributed by atoms with van der Waals surface area (Å²) in [5, 5.41) is 4.71. The first-order chi connectivity index (χ1) is 11.1. The van der Waals surface area contributed by atoms with Crippen LogP contribution in [-0.4, -0.2) is 38.8 Å².